The van der Waals surface area contributed by atoms with Gasteiger partial charge in [0, 0.05) is 0 Å². The Kier molecular flexibility index (Phi) is 6.92. The van der Waals surface area contributed by atoms with Gasteiger partial charge in [-0.1, -0.05) is 5.57 Å². The molecule has 0 saturated carbocycles. The Hall–Kier alpha value is -1.07. The lowest BCUT2D eigenvalue weighted by Gasteiger charge is -2.39. The van der Waals surface area contributed by atoms with E-state index in [1.54, 1.807) is 0 Å². The number of aliphatic hydroxyl groups is 5. The lowest BCUT2D eigenvalue weighted by Crippen LogP contribution is -2.59. The number of rotatable bonds is 7. The predicted octanol–water partition coefficient (Wildman–Crippen LogP) is -1.78. The third-order valence-corrected chi connectivity index (χ3v) is 5.08. The van der Waals surface area contributed by atoms with E-state index in [0.29, 0.717) is 12.8 Å². The zero-order chi connectivity index (χ0) is 18.7. The normalized spacial score (nSPS) is 37.4. The Labute approximate surface area is 145 Å². The maximum Gasteiger partial charge on any atom is 0.309 e. The summed E-state index contributed by atoms with van der Waals surface area (Å²) >= 11 is 0. The van der Waals surface area contributed by atoms with Crippen molar-refractivity contribution < 1.29 is 44.9 Å². The zero-order valence-electron chi connectivity index (χ0n) is 14.0. The fraction of sp³-hybridized carbons (Fsp3) is 0.812. The average molecular weight is 362 g/mol. The van der Waals surface area contributed by atoms with Gasteiger partial charge in [0.25, 0.3) is 0 Å². The minimum atomic E-state index is -1.53. The molecule has 1 heterocycles. The SMILES string of the molecule is CC1=C(CO[C@H]2O[C@@H](CO)[C@H](O)[C@@H](O)[C@@H]2O)[C@H]([C@@H](CO)C(=O)O)CC1. The Balaban J connectivity index is 2.05. The van der Waals surface area contributed by atoms with Crippen LogP contribution in [0.2, 0.25) is 0 Å². The highest BCUT2D eigenvalue weighted by Crippen LogP contribution is 2.37. The van der Waals surface area contributed by atoms with E-state index in [0.717, 1.165) is 11.1 Å². The van der Waals surface area contributed by atoms with Gasteiger partial charge in [-0.3, -0.25) is 4.79 Å². The monoisotopic (exact) mass is 362 g/mol. The molecule has 0 spiro atoms. The number of carboxylic acids is 1. The number of ether oxygens (including phenoxy) is 2. The third kappa shape index (κ3) is 4.20. The molecule has 1 aliphatic carbocycles. The second-order valence-corrected chi connectivity index (χ2v) is 6.59. The van der Waals surface area contributed by atoms with Gasteiger partial charge in [0.15, 0.2) is 6.29 Å². The van der Waals surface area contributed by atoms with Crippen molar-refractivity contribution in [2.75, 3.05) is 19.8 Å². The van der Waals surface area contributed by atoms with E-state index in [1.165, 1.54) is 0 Å². The second kappa shape index (κ2) is 8.54. The molecular formula is C16H26O9. The third-order valence-electron chi connectivity index (χ3n) is 5.08. The van der Waals surface area contributed by atoms with Gasteiger partial charge in [-0.25, -0.2) is 0 Å². The summed E-state index contributed by atoms with van der Waals surface area (Å²) in [5.41, 5.74) is 1.67. The molecule has 1 fully saturated rings. The van der Waals surface area contributed by atoms with Gasteiger partial charge in [0.05, 0.1) is 25.7 Å². The van der Waals surface area contributed by atoms with Gasteiger partial charge in [-0.15, -0.1) is 0 Å². The van der Waals surface area contributed by atoms with Crippen molar-refractivity contribution in [1.82, 2.24) is 0 Å². The first-order chi connectivity index (χ1) is 11.8. The van der Waals surface area contributed by atoms with Gasteiger partial charge in [-0.2, -0.15) is 0 Å². The van der Waals surface area contributed by atoms with Crippen LogP contribution >= 0.6 is 0 Å². The molecular weight excluding hydrogens is 336 g/mol. The van der Waals surface area contributed by atoms with Crippen LogP contribution in [0.5, 0.6) is 0 Å². The molecule has 1 aliphatic heterocycles. The number of aliphatic carboxylic acids is 1. The molecule has 2 rings (SSSR count). The molecule has 2 aliphatic rings. The smallest absolute Gasteiger partial charge is 0.309 e. The first kappa shape index (κ1) is 20.2. The van der Waals surface area contributed by atoms with Gasteiger partial charge in [0.2, 0.25) is 0 Å². The van der Waals surface area contributed by atoms with Crippen LogP contribution in [0, 0.1) is 11.8 Å². The van der Waals surface area contributed by atoms with Crippen molar-refractivity contribution in [3.63, 3.8) is 0 Å². The highest BCUT2D eigenvalue weighted by molar-refractivity contribution is 5.71. The molecule has 0 amide bonds. The highest BCUT2D eigenvalue weighted by atomic mass is 16.7. The van der Waals surface area contributed by atoms with Crippen LogP contribution in [0.25, 0.3) is 0 Å². The minimum Gasteiger partial charge on any atom is -0.481 e. The quantitative estimate of drug-likeness (QED) is 0.288. The lowest BCUT2D eigenvalue weighted by atomic mass is 9.87. The molecule has 0 aromatic carbocycles. The standard InChI is InChI=1S/C16H26O9/c1-7-2-3-8(9(4-17)15(22)23)10(7)6-24-16-14(21)13(20)12(19)11(5-18)25-16/h8-9,11-14,16-21H,2-6H2,1H3,(H,22,23)/t8-,9+,11-,12-,13+,14-,16-/m0/s1. The van der Waals surface area contributed by atoms with Crippen LogP contribution in [0.4, 0.5) is 0 Å². The van der Waals surface area contributed by atoms with Crippen molar-refractivity contribution >= 4 is 5.97 Å². The van der Waals surface area contributed by atoms with Crippen molar-refractivity contribution in [1.29, 1.82) is 0 Å². The summed E-state index contributed by atoms with van der Waals surface area (Å²) in [6.07, 6.45) is -5.58. The number of carboxylic acid groups (broad SMARTS) is 1. The fourth-order valence-electron chi connectivity index (χ4n) is 3.45. The number of hydrogen-bond donors (Lipinski definition) is 6. The number of allylic oxidation sites excluding steroid dienone is 1. The van der Waals surface area contributed by atoms with Crippen molar-refractivity contribution in [3.05, 3.63) is 11.1 Å². The highest BCUT2D eigenvalue weighted by Gasteiger charge is 2.44. The Morgan fingerprint density at radius 1 is 1.24 bits per heavy atom. The van der Waals surface area contributed by atoms with E-state index in [-0.39, 0.29) is 12.5 Å². The summed E-state index contributed by atoms with van der Waals surface area (Å²) in [6, 6.07) is 0. The molecule has 9 nitrogen and oxygen atoms in total. The average Bonchev–Trinajstić information content (AvgIpc) is 2.93. The van der Waals surface area contributed by atoms with Crippen LogP contribution in [0.3, 0.4) is 0 Å². The maximum absolute atomic E-state index is 11.3. The molecule has 9 heteroatoms. The molecule has 6 N–H and O–H groups in total. The Bertz CT molecular complexity index is 504. The van der Waals surface area contributed by atoms with Crippen LogP contribution in [0.1, 0.15) is 19.8 Å². The van der Waals surface area contributed by atoms with Crippen molar-refractivity contribution in [2.45, 2.75) is 50.5 Å². The van der Waals surface area contributed by atoms with Crippen molar-refractivity contribution in [2.24, 2.45) is 11.8 Å². The molecule has 0 aromatic heterocycles. The van der Waals surface area contributed by atoms with Gasteiger partial charge in [0.1, 0.15) is 24.4 Å². The van der Waals surface area contributed by atoms with Crippen LogP contribution in [-0.4, -0.2) is 87.1 Å². The summed E-state index contributed by atoms with van der Waals surface area (Å²) in [5.74, 6) is -2.41. The summed E-state index contributed by atoms with van der Waals surface area (Å²) < 4.78 is 10.8. The van der Waals surface area contributed by atoms with E-state index in [2.05, 4.69) is 0 Å². The summed E-state index contributed by atoms with van der Waals surface area (Å²) in [6.45, 7) is 0.767. The molecule has 0 unspecified atom stereocenters. The van der Waals surface area contributed by atoms with Crippen LogP contribution < -0.4 is 0 Å². The van der Waals surface area contributed by atoms with Crippen LogP contribution in [0.15, 0.2) is 11.1 Å². The Morgan fingerprint density at radius 2 is 1.92 bits per heavy atom. The van der Waals surface area contributed by atoms with Crippen molar-refractivity contribution in [3.8, 4) is 0 Å². The first-order valence-corrected chi connectivity index (χ1v) is 8.26. The van der Waals surface area contributed by atoms with Gasteiger partial charge >= 0.3 is 5.97 Å². The summed E-state index contributed by atoms with van der Waals surface area (Å²) in [4.78, 5) is 11.3. The fourth-order valence-corrected chi connectivity index (χ4v) is 3.45. The molecule has 144 valence electrons. The van der Waals surface area contributed by atoms with Crippen LogP contribution in [-0.2, 0) is 14.3 Å². The van der Waals surface area contributed by atoms with Gasteiger partial charge < -0.3 is 40.1 Å². The number of aliphatic hydroxyl groups excluding tert-OH is 5. The zero-order valence-corrected chi connectivity index (χ0v) is 14.0. The molecule has 7 atom stereocenters. The molecule has 0 aromatic rings. The van der Waals surface area contributed by atoms with E-state index in [4.69, 9.17) is 9.47 Å². The topological polar surface area (TPSA) is 157 Å². The predicted molar refractivity (Wildman–Crippen MR) is 83.4 cm³/mol. The van der Waals surface area contributed by atoms with E-state index < -0.39 is 55.8 Å². The van der Waals surface area contributed by atoms with Gasteiger partial charge in [-0.05, 0) is 31.3 Å². The molecule has 0 radical (unpaired) electrons. The van der Waals surface area contributed by atoms with E-state index >= 15 is 0 Å². The lowest BCUT2D eigenvalue weighted by molar-refractivity contribution is -0.299. The first-order valence-electron chi connectivity index (χ1n) is 8.26. The molecule has 25 heavy (non-hydrogen) atoms. The Morgan fingerprint density at radius 3 is 2.48 bits per heavy atom. The molecule has 1 saturated heterocycles. The molecule has 0 bridgehead atoms. The van der Waals surface area contributed by atoms with E-state index in [1.807, 2.05) is 6.92 Å². The second-order valence-electron chi connectivity index (χ2n) is 6.59. The summed E-state index contributed by atoms with van der Waals surface area (Å²) in [7, 11) is 0. The minimum absolute atomic E-state index is 0.0387. The maximum atomic E-state index is 11.3. The van der Waals surface area contributed by atoms with E-state index in [9.17, 15) is 35.4 Å². The number of hydrogen-bond acceptors (Lipinski definition) is 8. The largest absolute Gasteiger partial charge is 0.481 e. The summed E-state index contributed by atoms with van der Waals surface area (Å²) in [5, 5.41) is 57.3. The number of carbonyl (C=O) groups is 1.